The monoisotopic (exact) mass is 481 g/mol. The van der Waals surface area contributed by atoms with Crippen molar-refractivity contribution in [3.8, 4) is 11.5 Å². The average molecular weight is 482 g/mol. The van der Waals surface area contributed by atoms with E-state index in [0.29, 0.717) is 6.61 Å². The second-order valence-electron chi connectivity index (χ2n) is 8.98. The van der Waals surface area contributed by atoms with Crippen LogP contribution >= 0.6 is 0 Å². The Morgan fingerprint density at radius 2 is 1.00 bits per heavy atom. The van der Waals surface area contributed by atoms with Crippen LogP contribution < -0.4 is 9.47 Å². The van der Waals surface area contributed by atoms with E-state index in [0.717, 1.165) is 44.7 Å². The number of H-pyrrole nitrogens is 1. The number of aromatic nitrogens is 1. The molecule has 0 saturated carbocycles. The molecule has 1 N–H and O–H groups in total. The Bertz CT molecular complexity index is 1480. The van der Waals surface area contributed by atoms with Crippen LogP contribution in [-0.2, 0) is 12.2 Å². The fourth-order valence-electron chi connectivity index (χ4n) is 4.91. The molecule has 1 aromatic heterocycles. The summed E-state index contributed by atoms with van der Waals surface area (Å²) in [6.45, 7) is 0.503. The van der Waals surface area contributed by atoms with Crippen LogP contribution in [0.5, 0.6) is 11.5 Å². The normalized spacial score (nSPS) is 11.4. The first kappa shape index (κ1) is 22.7. The van der Waals surface area contributed by atoms with E-state index in [4.69, 9.17) is 9.47 Å². The lowest BCUT2D eigenvalue weighted by Crippen LogP contribution is -2.36. The number of fused-ring (bicyclic) bond motifs is 1. The predicted octanol–water partition coefficient (Wildman–Crippen LogP) is 8.12. The second kappa shape index (κ2) is 10.1. The SMILES string of the molecule is c1ccc(COc2ccc(OC(c3ccccc3)(c3ccccc3)c3ccccc3)c3[nH]ccc23)cc1. The van der Waals surface area contributed by atoms with E-state index in [1.165, 1.54) is 0 Å². The highest BCUT2D eigenvalue weighted by Crippen LogP contribution is 2.43. The summed E-state index contributed by atoms with van der Waals surface area (Å²) in [7, 11) is 0. The number of rotatable bonds is 8. The van der Waals surface area contributed by atoms with Gasteiger partial charge in [-0.05, 0) is 23.8 Å². The number of ether oxygens (including phenoxy) is 2. The summed E-state index contributed by atoms with van der Waals surface area (Å²) in [5.74, 6) is 1.57. The van der Waals surface area contributed by atoms with Crippen molar-refractivity contribution in [2.45, 2.75) is 12.2 Å². The van der Waals surface area contributed by atoms with E-state index < -0.39 is 5.60 Å². The minimum Gasteiger partial charge on any atom is -0.488 e. The smallest absolute Gasteiger partial charge is 0.184 e. The van der Waals surface area contributed by atoms with Crippen molar-refractivity contribution < 1.29 is 9.47 Å². The Kier molecular flexibility index (Phi) is 6.18. The number of aromatic amines is 1. The first-order valence-electron chi connectivity index (χ1n) is 12.5. The summed E-state index contributed by atoms with van der Waals surface area (Å²) >= 11 is 0. The van der Waals surface area contributed by atoms with Crippen molar-refractivity contribution in [1.29, 1.82) is 0 Å². The highest BCUT2D eigenvalue weighted by Gasteiger charge is 2.39. The molecule has 0 aliphatic rings. The molecule has 0 radical (unpaired) electrons. The molecule has 0 fully saturated rings. The Balaban J connectivity index is 1.48. The number of nitrogens with one attached hydrogen (secondary N) is 1. The molecule has 0 aliphatic heterocycles. The standard InChI is InChI=1S/C34H27NO2/c1-5-13-26(14-6-1)25-36-31-21-22-32(33-30(31)23-24-35-33)37-34(27-15-7-2-8-16-27,28-17-9-3-10-18-28)29-19-11-4-12-20-29/h1-24,35H,25H2. The molecule has 0 spiro atoms. The van der Waals surface area contributed by atoms with Crippen LogP contribution in [0.15, 0.2) is 146 Å². The molecule has 1 heterocycles. The van der Waals surface area contributed by atoms with Gasteiger partial charge in [0.15, 0.2) is 5.60 Å². The second-order valence-corrected chi connectivity index (χ2v) is 8.98. The van der Waals surface area contributed by atoms with Gasteiger partial charge in [0.25, 0.3) is 0 Å². The van der Waals surface area contributed by atoms with Gasteiger partial charge in [-0.1, -0.05) is 121 Å². The largest absolute Gasteiger partial charge is 0.488 e. The minimum absolute atomic E-state index is 0.503. The molecule has 6 rings (SSSR count). The zero-order valence-corrected chi connectivity index (χ0v) is 20.4. The van der Waals surface area contributed by atoms with Crippen LogP contribution in [0.3, 0.4) is 0 Å². The van der Waals surface area contributed by atoms with E-state index in [1.54, 1.807) is 0 Å². The molecule has 3 heteroatoms. The third kappa shape index (κ3) is 4.36. The fraction of sp³-hybridized carbons (Fsp3) is 0.0588. The zero-order valence-electron chi connectivity index (χ0n) is 20.4. The lowest BCUT2D eigenvalue weighted by molar-refractivity contribution is 0.157. The first-order chi connectivity index (χ1) is 18.3. The van der Waals surface area contributed by atoms with Crippen LogP contribution in [0.1, 0.15) is 22.3 Å². The topological polar surface area (TPSA) is 34.2 Å². The summed E-state index contributed by atoms with van der Waals surface area (Å²) in [6, 6.07) is 47.5. The average Bonchev–Trinajstić information content (AvgIpc) is 3.48. The van der Waals surface area contributed by atoms with Crippen LogP contribution in [0.4, 0.5) is 0 Å². The van der Waals surface area contributed by atoms with Crippen LogP contribution in [0.2, 0.25) is 0 Å². The van der Waals surface area contributed by atoms with Crippen molar-refractivity contribution in [3.05, 3.63) is 168 Å². The molecule has 0 atom stereocenters. The summed E-state index contributed by atoms with van der Waals surface area (Å²) in [4.78, 5) is 3.40. The molecule has 180 valence electrons. The predicted molar refractivity (Wildman–Crippen MR) is 149 cm³/mol. The van der Waals surface area contributed by atoms with E-state index >= 15 is 0 Å². The van der Waals surface area contributed by atoms with Gasteiger partial charge in [-0.3, -0.25) is 0 Å². The number of benzene rings is 5. The maximum atomic E-state index is 7.16. The van der Waals surface area contributed by atoms with Crippen LogP contribution in [-0.4, -0.2) is 4.98 Å². The van der Waals surface area contributed by atoms with Gasteiger partial charge in [0.1, 0.15) is 18.1 Å². The van der Waals surface area contributed by atoms with Gasteiger partial charge in [0.05, 0.1) is 5.52 Å². The Morgan fingerprint density at radius 3 is 1.54 bits per heavy atom. The Hall–Kier alpha value is -4.76. The number of hydrogen-bond acceptors (Lipinski definition) is 2. The van der Waals surface area contributed by atoms with E-state index in [2.05, 4.69) is 89.9 Å². The first-order valence-corrected chi connectivity index (χ1v) is 12.5. The van der Waals surface area contributed by atoms with Crippen LogP contribution in [0.25, 0.3) is 10.9 Å². The molecule has 0 unspecified atom stereocenters. The van der Waals surface area contributed by atoms with Gasteiger partial charge in [-0.15, -0.1) is 0 Å². The van der Waals surface area contributed by atoms with E-state index in [1.807, 2.05) is 60.8 Å². The van der Waals surface area contributed by atoms with Crippen molar-refractivity contribution in [3.63, 3.8) is 0 Å². The van der Waals surface area contributed by atoms with Crippen molar-refractivity contribution in [2.24, 2.45) is 0 Å². The molecule has 0 saturated heterocycles. The Labute approximate surface area is 217 Å². The summed E-state index contributed by atoms with van der Waals surface area (Å²) in [5, 5.41) is 0.983. The van der Waals surface area contributed by atoms with Gasteiger partial charge in [-0.25, -0.2) is 0 Å². The molecule has 0 amide bonds. The Morgan fingerprint density at radius 1 is 0.514 bits per heavy atom. The minimum atomic E-state index is -0.853. The molecular weight excluding hydrogens is 454 g/mol. The third-order valence-electron chi connectivity index (χ3n) is 6.69. The van der Waals surface area contributed by atoms with Gasteiger partial charge in [0, 0.05) is 28.3 Å². The molecule has 37 heavy (non-hydrogen) atoms. The van der Waals surface area contributed by atoms with Gasteiger partial charge in [-0.2, -0.15) is 0 Å². The highest BCUT2D eigenvalue weighted by molar-refractivity contribution is 5.91. The van der Waals surface area contributed by atoms with Crippen molar-refractivity contribution in [2.75, 3.05) is 0 Å². The molecule has 0 bridgehead atoms. The van der Waals surface area contributed by atoms with Gasteiger partial charge in [0.2, 0.25) is 0 Å². The molecule has 0 aliphatic carbocycles. The lowest BCUT2D eigenvalue weighted by Gasteiger charge is -2.36. The summed E-state index contributed by atoms with van der Waals surface area (Å²) in [6.07, 6.45) is 1.93. The molecule has 3 nitrogen and oxygen atoms in total. The van der Waals surface area contributed by atoms with Gasteiger partial charge < -0.3 is 14.5 Å². The van der Waals surface area contributed by atoms with E-state index in [9.17, 15) is 0 Å². The van der Waals surface area contributed by atoms with Crippen LogP contribution in [0, 0.1) is 0 Å². The number of hydrogen-bond donors (Lipinski definition) is 1. The maximum absolute atomic E-state index is 7.16. The maximum Gasteiger partial charge on any atom is 0.184 e. The van der Waals surface area contributed by atoms with E-state index in [-0.39, 0.29) is 0 Å². The molecular formula is C34H27NO2. The molecule has 6 aromatic rings. The van der Waals surface area contributed by atoms with Crippen molar-refractivity contribution in [1.82, 2.24) is 4.98 Å². The third-order valence-corrected chi connectivity index (χ3v) is 6.69. The fourth-order valence-corrected chi connectivity index (χ4v) is 4.91. The zero-order chi connectivity index (χ0) is 24.9. The quantitative estimate of drug-likeness (QED) is 0.223. The molecule has 5 aromatic carbocycles. The van der Waals surface area contributed by atoms with Crippen molar-refractivity contribution >= 4 is 10.9 Å². The highest BCUT2D eigenvalue weighted by atomic mass is 16.5. The summed E-state index contributed by atoms with van der Waals surface area (Å²) in [5.41, 5.74) is 4.33. The van der Waals surface area contributed by atoms with Gasteiger partial charge >= 0.3 is 0 Å². The lowest BCUT2D eigenvalue weighted by atomic mass is 9.80. The summed E-state index contributed by atoms with van der Waals surface area (Å²) < 4.78 is 13.4.